The second-order valence-corrected chi connectivity index (χ2v) is 7.33. The van der Waals surface area contributed by atoms with E-state index in [0.29, 0.717) is 38.3 Å². The van der Waals surface area contributed by atoms with Gasteiger partial charge in [0.15, 0.2) is 0 Å². The first-order valence-corrected chi connectivity index (χ1v) is 8.89. The lowest BCUT2D eigenvalue weighted by molar-refractivity contribution is 0.0661. The molecule has 2 rings (SSSR count). The zero-order valence-corrected chi connectivity index (χ0v) is 15.7. The van der Waals surface area contributed by atoms with Gasteiger partial charge in [0.2, 0.25) is 0 Å². The number of ether oxygens (including phenoxy) is 1. The molecule has 0 unspecified atom stereocenters. The summed E-state index contributed by atoms with van der Waals surface area (Å²) in [6.45, 7) is 10.8. The zero-order valence-electron chi connectivity index (χ0n) is 15.7. The van der Waals surface area contributed by atoms with E-state index >= 15 is 0 Å². The Labute approximate surface area is 150 Å². The first-order valence-electron chi connectivity index (χ1n) is 8.89. The molecule has 0 atom stereocenters. The summed E-state index contributed by atoms with van der Waals surface area (Å²) < 4.78 is 5.54. The molecule has 0 spiro atoms. The molecule has 138 valence electrons. The number of benzene rings is 1. The molecule has 1 fully saturated rings. The minimum absolute atomic E-state index is 0.00192. The molecule has 1 aliphatic rings. The number of rotatable bonds is 4. The summed E-state index contributed by atoms with van der Waals surface area (Å²) in [7, 11) is 0. The van der Waals surface area contributed by atoms with Crippen molar-refractivity contribution >= 4 is 11.9 Å². The van der Waals surface area contributed by atoms with Gasteiger partial charge in [-0.05, 0) is 51.5 Å². The van der Waals surface area contributed by atoms with E-state index < -0.39 is 0 Å². The number of carbonyl (C=O) groups is 2. The van der Waals surface area contributed by atoms with Crippen LogP contribution in [0, 0.1) is 0 Å². The Kier molecular flexibility index (Phi) is 6.28. The van der Waals surface area contributed by atoms with Crippen LogP contribution in [-0.2, 0) is 0 Å². The summed E-state index contributed by atoms with van der Waals surface area (Å²) in [4.78, 5) is 28.3. The molecule has 1 aliphatic heterocycles. The van der Waals surface area contributed by atoms with Crippen molar-refractivity contribution in [3.63, 3.8) is 0 Å². The number of nitrogens with zero attached hydrogens (tertiary/aromatic N) is 2. The van der Waals surface area contributed by atoms with E-state index in [0.717, 1.165) is 12.2 Å². The number of hydrogen-bond donors (Lipinski definition) is 1. The van der Waals surface area contributed by atoms with Crippen LogP contribution in [0.5, 0.6) is 5.75 Å². The molecule has 1 aromatic carbocycles. The minimum atomic E-state index is -0.258. The van der Waals surface area contributed by atoms with Crippen molar-refractivity contribution < 1.29 is 14.3 Å². The molecule has 0 saturated carbocycles. The van der Waals surface area contributed by atoms with E-state index in [1.54, 1.807) is 21.9 Å². The van der Waals surface area contributed by atoms with Crippen molar-refractivity contribution in [1.82, 2.24) is 15.1 Å². The van der Waals surface area contributed by atoms with E-state index in [-0.39, 0.29) is 17.5 Å². The van der Waals surface area contributed by atoms with Gasteiger partial charge in [-0.25, -0.2) is 4.79 Å². The number of hydrogen-bond acceptors (Lipinski definition) is 3. The summed E-state index contributed by atoms with van der Waals surface area (Å²) in [5.41, 5.74) is 0.391. The number of piperazine rings is 1. The lowest BCUT2D eigenvalue weighted by atomic mass is 10.1. The van der Waals surface area contributed by atoms with E-state index in [1.807, 2.05) is 32.9 Å². The normalized spacial score (nSPS) is 15.0. The van der Waals surface area contributed by atoms with Crippen LogP contribution in [0.4, 0.5) is 4.79 Å². The molecule has 3 amide bonds. The second kappa shape index (κ2) is 8.23. The highest BCUT2D eigenvalue weighted by Gasteiger charge is 2.26. The SMILES string of the molecule is CCCOc1ccc(C(=O)N2CCN(C(=O)NC(C)(C)C)CC2)cc1. The molecule has 6 nitrogen and oxygen atoms in total. The largest absolute Gasteiger partial charge is 0.494 e. The molecule has 1 saturated heterocycles. The Balaban J connectivity index is 1.87. The van der Waals surface area contributed by atoms with Crippen molar-refractivity contribution in [1.29, 1.82) is 0 Å². The molecular weight excluding hydrogens is 318 g/mol. The van der Waals surface area contributed by atoms with Crippen molar-refractivity contribution in [2.45, 2.75) is 39.7 Å². The fourth-order valence-electron chi connectivity index (χ4n) is 2.61. The topological polar surface area (TPSA) is 61.9 Å². The molecule has 0 radical (unpaired) electrons. The van der Waals surface area contributed by atoms with Gasteiger partial charge in [-0.15, -0.1) is 0 Å². The van der Waals surface area contributed by atoms with E-state index in [2.05, 4.69) is 12.2 Å². The predicted octanol–water partition coefficient (Wildman–Crippen LogP) is 2.74. The number of urea groups is 1. The van der Waals surface area contributed by atoms with E-state index in [1.165, 1.54) is 0 Å². The average Bonchev–Trinajstić information content (AvgIpc) is 2.58. The van der Waals surface area contributed by atoms with Crippen LogP contribution < -0.4 is 10.1 Å². The Morgan fingerprint density at radius 3 is 2.12 bits per heavy atom. The van der Waals surface area contributed by atoms with Crippen LogP contribution in [0.3, 0.4) is 0 Å². The Morgan fingerprint density at radius 1 is 1.04 bits per heavy atom. The van der Waals surface area contributed by atoms with Gasteiger partial charge in [0.05, 0.1) is 6.61 Å². The lowest BCUT2D eigenvalue weighted by Gasteiger charge is -2.36. The van der Waals surface area contributed by atoms with Crippen LogP contribution in [0.1, 0.15) is 44.5 Å². The van der Waals surface area contributed by atoms with Gasteiger partial charge in [-0.1, -0.05) is 6.92 Å². The van der Waals surface area contributed by atoms with Gasteiger partial charge in [0, 0.05) is 37.3 Å². The summed E-state index contributed by atoms with van der Waals surface area (Å²) in [5, 5.41) is 2.96. The Morgan fingerprint density at radius 2 is 1.60 bits per heavy atom. The summed E-state index contributed by atoms with van der Waals surface area (Å²) in [6.07, 6.45) is 0.952. The fraction of sp³-hybridized carbons (Fsp3) is 0.579. The third-order valence-corrected chi connectivity index (χ3v) is 3.91. The number of carbonyl (C=O) groups excluding carboxylic acids is 2. The number of amides is 3. The highest BCUT2D eigenvalue weighted by molar-refractivity contribution is 5.94. The smallest absolute Gasteiger partial charge is 0.317 e. The van der Waals surface area contributed by atoms with Crippen LogP contribution in [0.25, 0.3) is 0 Å². The molecular formula is C19H29N3O3. The Hall–Kier alpha value is -2.24. The van der Waals surface area contributed by atoms with E-state index in [9.17, 15) is 9.59 Å². The molecule has 6 heteroatoms. The van der Waals surface area contributed by atoms with Gasteiger partial charge in [-0.3, -0.25) is 4.79 Å². The molecule has 25 heavy (non-hydrogen) atoms. The summed E-state index contributed by atoms with van der Waals surface area (Å²) in [5.74, 6) is 0.778. The highest BCUT2D eigenvalue weighted by atomic mass is 16.5. The van der Waals surface area contributed by atoms with Gasteiger partial charge in [0.1, 0.15) is 5.75 Å². The highest BCUT2D eigenvalue weighted by Crippen LogP contribution is 2.15. The second-order valence-electron chi connectivity index (χ2n) is 7.33. The van der Waals surface area contributed by atoms with Gasteiger partial charge in [0.25, 0.3) is 5.91 Å². The third kappa shape index (κ3) is 5.66. The molecule has 1 heterocycles. The molecule has 1 N–H and O–H groups in total. The van der Waals surface area contributed by atoms with Crippen LogP contribution >= 0.6 is 0 Å². The summed E-state index contributed by atoms with van der Waals surface area (Å²) in [6, 6.07) is 7.18. The maximum atomic E-state index is 12.6. The first kappa shape index (κ1) is 19.1. The van der Waals surface area contributed by atoms with Crippen LogP contribution in [0.2, 0.25) is 0 Å². The lowest BCUT2D eigenvalue weighted by Crippen LogP contribution is -2.56. The van der Waals surface area contributed by atoms with Crippen LogP contribution in [-0.4, -0.2) is 60.1 Å². The van der Waals surface area contributed by atoms with Crippen molar-refractivity contribution in [2.75, 3.05) is 32.8 Å². The zero-order chi connectivity index (χ0) is 18.4. The summed E-state index contributed by atoms with van der Waals surface area (Å²) >= 11 is 0. The minimum Gasteiger partial charge on any atom is -0.494 e. The van der Waals surface area contributed by atoms with Gasteiger partial charge >= 0.3 is 6.03 Å². The first-order chi connectivity index (χ1) is 11.8. The third-order valence-electron chi connectivity index (χ3n) is 3.91. The Bertz CT molecular complexity index is 585. The number of nitrogens with one attached hydrogen (secondary N) is 1. The van der Waals surface area contributed by atoms with Gasteiger partial charge in [-0.2, -0.15) is 0 Å². The molecule has 0 bridgehead atoms. The quantitative estimate of drug-likeness (QED) is 0.911. The molecule has 0 aromatic heterocycles. The van der Waals surface area contributed by atoms with Crippen molar-refractivity contribution in [2.24, 2.45) is 0 Å². The van der Waals surface area contributed by atoms with Crippen molar-refractivity contribution in [3.8, 4) is 5.75 Å². The maximum Gasteiger partial charge on any atom is 0.317 e. The fourth-order valence-corrected chi connectivity index (χ4v) is 2.61. The monoisotopic (exact) mass is 347 g/mol. The van der Waals surface area contributed by atoms with Crippen LogP contribution in [0.15, 0.2) is 24.3 Å². The predicted molar refractivity (Wildman–Crippen MR) is 98.0 cm³/mol. The van der Waals surface area contributed by atoms with E-state index in [4.69, 9.17) is 4.74 Å². The standard InChI is InChI=1S/C19H29N3O3/c1-5-14-25-16-8-6-15(7-9-16)17(23)21-10-12-22(13-11-21)18(24)20-19(2,3)4/h6-9H,5,10-14H2,1-4H3,(H,20,24). The molecule has 1 aromatic rings. The van der Waals surface area contributed by atoms with Gasteiger partial charge < -0.3 is 19.9 Å². The maximum absolute atomic E-state index is 12.6. The molecule has 0 aliphatic carbocycles. The average molecular weight is 347 g/mol. The van der Waals surface area contributed by atoms with Crippen molar-refractivity contribution in [3.05, 3.63) is 29.8 Å².